The first-order chi connectivity index (χ1) is 8.38. The van der Waals surface area contributed by atoms with E-state index in [4.69, 9.17) is 0 Å². The molecule has 2 rings (SSSR count). The number of anilines is 1. The quantitative estimate of drug-likeness (QED) is 0.809. The highest BCUT2D eigenvalue weighted by Gasteiger charge is 2.03. The number of nitrogens with zero attached hydrogens (tertiary/aromatic N) is 2. The fourth-order valence-electron chi connectivity index (χ4n) is 1.30. The van der Waals surface area contributed by atoms with E-state index in [0.717, 1.165) is 28.2 Å². The van der Waals surface area contributed by atoms with Crippen LogP contribution < -0.4 is 5.32 Å². The monoisotopic (exact) mass is 265 g/mol. The lowest BCUT2D eigenvalue weighted by atomic mass is 10.2. The van der Waals surface area contributed by atoms with Gasteiger partial charge in [-0.3, -0.25) is 0 Å². The number of nitrogens with one attached hydrogen (secondary N) is 1. The van der Waals surface area contributed by atoms with Gasteiger partial charge in [-0.15, -0.1) is 10.2 Å². The molecule has 3 nitrogen and oxygen atoms in total. The summed E-state index contributed by atoms with van der Waals surface area (Å²) >= 11 is 3.39. The van der Waals surface area contributed by atoms with Gasteiger partial charge in [0.25, 0.3) is 0 Å². The Labute approximate surface area is 110 Å². The molecule has 0 radical (unpaired) electrons. The molecule has 0 unspecified atom stereocenters. The predicted octanol–water partition coefficient (Wildman–Crippen LogP) is 3.65. The van der Waals surface area contributed by atoms with E-state index >= 15 is 0 Å². The summed E-state index contributed by atoms with van der Waals surface area (Å²) < 4.78 is 1.04. The van der Waals surface area contributed by atoms with Crippen LogP contribution in [0.1, 0.15) is 18.9 Å². The Morgan fingerprint density at radius 3 is 2.82 bits per heavy atom. The van der Waals surface area contributed by atoms with Crippen molar-refractivity contribution in [1.82, 2.24) is 10.2 Å². The summed E-state index contributed by atoms with van der Waals surface area (Å²) in [4.78, 5) is 0. The van der Waals surface area contributed by atoms with Gasteiger partial charge in [-0.25, -0.2) is 0 Å². The number of aromatic nitrogens is 2. The summed E-state index contributed by atoms with van der Waals surface area (Å²) in [5, 5.41) is 12.4. The molecule has 0 aliphatic heterocycles. The van der Waals surface area contributed by atoms with Crippen LogP contribution in [0.2, 0.25) is 0 Å². The number of hydrogen-bond donors (Lipinski definition) is 1. The average molecular weight is 265 g/mol. The zero-order valence-corrected chi connectivity index (χ0v) is 11.4. The van der Waals surface area contributed by atoms with Crippen LogP contribution in [-0.4, -0.2) is 16.0 Å². The van der Waals surface area contributed by atoms with Gasteiger partial charge in [-0.1, -0.05) is 60.4 Å². The third-order valence-corrected chi connectivity index (χ3v) is 4.34. The summed E-state index contributed by atoms with van der Waals surface area (Å²) in [5.74, 6) is 1.10. The standard InChI is InChI=1S/C12H15N3S2/c1-2-8-16-12-15-14-11(17-12)13-9-10-6-4-3-5-7-10/h3-7H,2,8-9H2,1H3,(H,13,14). The van der Waals surface area contributed by atoms with Crippen LogP contribution >= 0.6 is 23.1 Å². The molecule has 0 amide bonds. The number of benzene rings is 1. The molecule has 0 bridgehead atoms. The van der Waals surface area contributed by atoms with E-state index in [2.05, 4.69) is 34.6 Å². The van der Waals surface area contributed by atoms with Gasteiger partial charge >= 0.3 is 0 Å². The van der Waals surface area contributed by atoms with Crippen LogP contribution in [0.25, 0.3) is 0 Å². The highest BCUT2D eigenvalue weighted by atomic mass is 32.2. The van der Waals surface area contributed by atoms with Crippen LogP contribution in [0.15, 0.2) is 34.7 Å². The Morgan fingerprint density at radius 1 is 1.24 bits per heavy atom. The van der Waals surface area contributed by atoms with Gasteiger partial charge in [0.15, 0.2) is 4.34 Å². The average Bonchev–Trinajstić information content (AvgIpc) is 2.83. The minimum Gasteiger partial charge on any atom is -0.356 e. The first-order valence-electron chi connectivity index (χ1n) is 5.62. The van der Waals surface area contributed by atoms with Crippen molar-refractivity contribution < 1.29 is 0 Å². The highest BCUT2D eigenvalue weighted by Crippen LogP contribution is 2.25. The fourth-order valence-corrected chi connectivity index (χ4v) is 2.98. The molecule has 0 aliphatic carbocycles. The van der Waals surface area contributed by atoms with Crippen molar-refractivity contribution in [3.8, 4) is 0 Å². The van der Waals surface area contributed by atoms with Crippen LogP contribution in [0.3, 0.4) is 0 Å². The third-order valence-electron chi connectivity index (χ3n) is 2.12. The molecule has 1 aromatic heterocycles. The van der Waals surface area contributed by atoms with Crippen molar-refractivity contribution in [2.24, 2.45) is 0 Å². The lowest BCUT2D eigenvalue weighted by molar-refractivity contribution is 0.992. The molecule has 5 heteroatoms. The van der Waals surface area contributed by atoms with E-state index in [1.807, 2.05) is 18.2 Å². The molecular formula is C12H15N3S2. The van der Waals surface area contributed by atoms with E-state index in [-0.39, 0.29) is 0 Å². The van der Waals surface area contributed by atoms with Crippen LogP contribution in [0.4, 0.5) is 5.13 Å². The van der Waals surface area contributed by atoms with Gasteiger partial charge in [0, 0.05) is 12.3 Å². The van der Waals surface area contributed by atoms with Crippen molar-refractivity contribution >= 4 is 28.2 Å². The first kappa shape index (κ1) is 12.4. The molecule has 1 heterocycles. The third kappa shape index (κ3) is 4.02. The zero-order valence-electron chi connectivity index (χ0n) is 9.72. The summed E-state index contributed by atoms with van der Waals surface area (Å²) in [5.41, 5.74) is 1.26. The van der Waals surface area contributed by atoms with Crippen molar-refractivity contribution in [3.63, 3.8) is 0 Å². The Bertz CT molecular complexity index is 442. The van der Waals surface area contributed by atoms with Crippen molar-refractivity contribution in [1.29, 1.82) is 0 Å². The molecule has 0 aliphatic rings. The molecule has 1 aromatic carbocycles. The van der Waals surface area contributed by atoms with Gasteiger partial charge in [-0.05, 0) is 12.0 Å². The molecule has 0 atom stereocenters. The van der Waals surface area contributed by atoms with Crippen molar-refractivity contribution in [3.05, 3.63) is 35.9 Å². The van der Waals surface area contributed by atoms with Gasteiger partial charge in [0.1, 0.15) is 0 Å². The molecule has 17 heavy (non-hydrogen) atoms. The summed E-state index contributed by atoms with van der Waals surface area (Å²) in [6, 6.07) is 10.3. The first-order valence-corrected chi connectivity index (χ1v) is 7.43. The van der Waals surface area contributed by atoms with Gasteiger partial charge < -0.3 is 5.32 Å². The lowest BCUT2D eigenvalue weighted by Gasteiger charge is -2.00. The second kappa shape index (κ2) is 6.61. The van der Waals surface area contributed by atoms with Gasteiger partial charge in [0.05, 0.1) is 0 Å². The van der Waals surface area contributed by atoms with Crippen molar-refractivity contribution in [2.75, 3.05) is 11.1 Å². The Kier molecular flexibility index (Phi) is 4.82. The topological polar surface area (TPSA) is 37.8 Å². The summed E-state index contributed by atoms with van der Waals surface area (Å²) in [7, 11) is 0. The Morgan fingerprint density at radius 2 is 2.06 bits per heavy atom. The minimum atomic E-state index is 0.800. The second-order valence-corrected chi connectivity index (χ2v) is 5.88. The molecule has 0 spiro atoms. The maximum Gasteiger partial charge on any atom is 0.206 e. The molecule has 0 fully saturated rings. The lowest BCUT2D eigenvalue weighted by Crippen LogP contribution is -1.98. The van der Waals surface area contributed by atoms with E-state index in [1.165, 1.54) is 5.56 Å². The molecule has 0 saturated carbocycles. The maximum absolute atomic E-state index is 4.13. The van der Waals surface area contributed by atoms with E-state index in [1.54, 1.807) is 23.1 Å². The van der Waals surface area contributed by atoms with E-state index in [0.29, 0.717) is 0 Å². The SMILES string of the molecule is CCCSc1nnc(NCc2ccccc2)s1. The van der Waals surface area contributed by atoms with Crippen LogP contribution in [0.5, 0.6) is 0 Å². The maximum atomic E-state index is 4.13. The van der Waals surface area contributed by atoms with Crippen LogP contribution in [-0.2, 0) is 6.54 Å². The van der Waals surface area contributed by atoms with Crippen LogP contribution in [0, 0.1) is 0 Å². The number of thioether (sulfide) groups is 1. The largest absolute Gasteiger partial charge is 0.356 e. The molecule has 2 aromatic rings. The molecule has 1 N–H and O–H groups in total. The molecule has 0 saturated heterocycles. The van der Waals surface area contributed by atoms with Gasteiger partial charge in [0.2, 0.25) is 5.13 Å². The number of hydrogen-bond acceptors (Lipinski definition) is 5. The van der Waals surface area contributed by atoms with E-state index < -0.39 is 0 Å². The van der Waals surface area contributed by atoms with Crippen molar-refractivity contribution in [2.45, 2.75) is 24.2 Å². The Hall–Kier alpha value is -1.07. The molecule has 90 valence electrons. The summed E-state index contributed by atoms with van der Waals surface area (Å²) in [6.07, 6.45) is 1.16. The second-order valence-electron chi connectivity index (χ2n) is 3.56. The Balaban J connectivity index is 1.85. The minimum absolute atomic E-state index is 0.800. The predicted molar refractivity (Wildman–Crippen MR) is 74.7 cm³/mol. The van der Waals surface area contributed by atoms with E-state index in [9.17, 15) is 0 Å². The number of rotatable bonds is 6. The smallest absolute Gasteiger partial charge is 0.206 e. The zero-order chi connectivity index (χ0) is 11.9. The fraction of sp³-hybridized carbons (Fsp3) is 0.333. The highest BCUT2D eigenvalue weighted by molar-refractivity contribution is 8.01. The summed E-state index contributed by atoms with van der Waals surface area (Å²) in [6.45, 7) is 2.97. The van der Waals surface area contributed by atoms with Gasteiger partial charge in [-0.2, -0.15) is 0 Å². The molecular weight excluding hydrogens is 250 g/mol. The normalized spacial score (nSPS) is 10.4.